The number of para-hydroxylation sites is 1. The fraction of sp³-hybridized carbons (Fsp3) is 0.226. The molecule has 0 spiro atoms. The predicted octanol–water partition coefficient (Wildman–Crippen LogP) is 6.21. The molecular weight excluding hydrogens is 464 g/mol. The van der Waals surface area contributed by atoms with Gasteiger partial charge >= 0.3 is 0 Å². The van der Waals surface area contributed by atoms with Gasteiger partial charge in [-0.1, -0.05) is 24.3 Å². The first-order chi connectivity index (χ1) is 17.7. The van der Waals surface area contributed by atoms with Crippen molar-refractivity contribution in [2.24, 2.45) is 7.05 Å². The second-order valence-electron chi connectivity index (χ2n) is 9.92. The number of carbonyl (C=O) groups is 2. The average Bonchev–Trinajstić information content (AvgIpc) is 3.31. The summed E-state index contributed by atoms with van der Waals surface area (Å²) in [6.45, 7) is 7.79. The molecule has 1 aromatic heterocycles. The summed E-state index contributed by atoms with van der Waals surface area (Å²) < 4.78 is 7.70. The lowest BCUT2D eigenvalue weighted by atomic mass is 9.94. The van der Waals surface area contributed by atoms with Crippen molar-refractivity contribution >= 4 is 34.0 Å². The van der Waals surface area contributed by atoms with Crippen LogP contribution in [0.4, 0.5) is 5.69 Å². The maximum absolute atomic E-state index is 13.6. The molecule has 1 fully saturated rings. The quantitative estimate of drug-likeness (QED) is 0.203. The van der Waals surface area contributed by atoms with Gasteiger partial charge < -0.3 is 14.4 Å². The molecule has 3 aromatic carbocycles. The molecule has 6 nitrogen and oxygen atoms in total. The summed E-state index contributed by atoms with van der Waals surface area (Å²) in [5.74, 6) is -0.923. The number of ether oxygens (including phenoxy) is 1. The van der Waals surface area contributed by atoms with Crippen molar-refractivity contribution in [2.75, 3.05) is 4.90 Å². The number of rotatable bonds is 5. The number of ketones is 1. The van der Waals surface area contributed by atoms with E-state index in [9.17, 15) is 14.7 Å². The molecular formula is C31H30N2O4. The first kappa shape index (κ1) is 24.4. The van der Waals surface area contributed by atoms with Gasteiger partial charge in [0.15, 0.2) is 0 Å². The van der Waals surface area contributed by atoms with Gasteiger partial charge in [0.05, 0.1) is 17.7 Å². The molecule has 1 amide bonds. The van der Waals surface area contributed by atoms with Gasteiger partial charge in [0.2, 0.25) is 0 Å². The number of aliphatic hydroxyl groups excluding tert-OH is 1. The van der Waals surface area contributed by atoms with E-state index in [2.05, 4.69) is 0 Å². The molecule has 1 N–H and O–H groups in total. The van der Waals surface area contributed by atoms with Crippen LogP contribution in [0.5, 0.6) is 5.75 Å². The van der Waals surface area contributed by atoms with Crippen molar-refractivity contribution in [2.45, 2.75) is 39.8 Å². The van der Waals surface area contributed by atoms with Crippen LogP contribution in [0.25, 0.3) is 16.7 Å². The number of aliphatic hydroxyl groups is 1. The number of aromatic nitrogens is 1. The number of hydrogen-bond acceptors (Lipinski definition) is 4. The Morgan fingerprint density at radius 2 is 1.59 bits per heavy atom. The summed E-state index contributed by atoms with van der Waals surface area (Å²) in [6, 6.07) is 19.8. The Kier molecular flexibility index (Phi) is 6.12. The predicted molar refractivity (Wildman–Crippen MR) is 146 cm³/mol. The number of hydrogen-bond donors (Lipinski definition) is 1. The summed E-state index contributed by atoms with van der Waals surface area (Å²) in [7, 11) is 1.93. The maximum atomic E-state index is 13.6. The number of amides is 1. The van der Waals surface area contributed by atoms with E-state index in [1.165, 1.54) is 4.90 Å². The standard InChI is InChI=1S/C31H30N2O4/c1-18(2)37-23-12-10-21(11-13-23)29(34)27-28(25-17-32(5)26-9-7-6-8-24(25)26)33(31(36)30(27)35)22-15-19(3)14-20(4)16-22/h6-18,28,34H,1-5H3/b29-27+. The molecule has 0 aliphatic carbocycles. The summed E-state index contributed by atoms with van der Waals surface area (Å²) in [6.07, 6.45) is 1.94. The van der Waals surface area contributed by atoms with Crippen LogP contribution in [0.3, 0.4) is 0 Å². The van der Waals surface area contributed by atoms with Crippen molar-refractivity contribution in [1.82, 2.24) is 4.57 Å². The van der Waals surface area contributed by atoms with Gasteiger partial charge in [0.1, 0.15) is 11.5 Å². The van der Waals surface area contributed by atoms with Gasteiger partial charge in [-0.2, -0.15) is 0 Å². The van der Waals surface area contributed by atoms with Crippen molar-refractivity contribution in [3.8, 4) is 5.75 Å². The highest BCUT2D eigenvalue weighted by molar-refractivity contribution is 6.52. The zero-order valence-electron chi connectivity index (χ0n) is 21.6. The summed E-state index contributed by atoms with van der Waals surface area (Å²) in [4.78, 5) is 28.7. The van der Waals surface area contributed by atoms with Gasteiger partial charge in [0.25, 0.3) is 11.7 Å². The lowest BCUT2D eigenvalue weighted by molar-refractivity contribution is -0.132. The van der Waals surface area contributed by atoms with Crippen LogP contribution in [0.1, 0.15) is 42.1 Å². The van der Waals surface area contributed by atoms with E-state index < -0.39 is 17.7 Å². The molecule has 2 heterocycles. The Hall–Kier alpha value is -4.32. The minimum absolute atomic E-state index is 0.00826. The van der Waals surface area contributed by atoms with E-state index in [1.54, 1.807) is 24.3 Å². The smallest absolute Gasteiger partial charge is 0.300 e. The Morgan fingerprint density at radius 3 is 2.24 bits per heavy atom. The molecule has 1 saturated heterocycles. The molecule has 37 heavy (non-hydrogen) atoms. The molecule has 5 rings (SSSR count). The van der Waals surface area contributed by atoms with Crippen LogP contribution in [0.15, 0.2) is 78.5 Å². The number of anilines is 1. The normalized spacial score (nSPS) is 17.2. The monoisotopic (exact) mass is 494 g/mol. The molecule has 0 bridgehead atoms. The zero-order chi connectivity index (χ0) is 26.4. The number of nitrogens with zero attached hydrogens (tertiary/aromatic N) is 2. The van der Waals surface area contributed by atoms with E-state index in [0.29, 0.717) is 17.0 Å². The highest BCUT2D eigenvalue weighted by atomic mass is 16.5. The summed E-state index contributed by atoms with van der Waals surface area (Å²) in [5, 5.41) is 12.4. The van der Waals surface area contributed by atoms with E-state index in [4.69, 9.17) is 4.74 Å². The Labute approximate surface area is 216 Å². The zero-order valence-corrected chi connectivity index (χ0v) is 21.6. The largest absolute Gasteiger partial charge is 0.507 e. The third-order valence-electron chi connectivity index (χ3n) is 6.65. The van der Waals surface area contributed by atoms with Gasteiger partial charge in [-0.25, -0.2) is 0 Å². The number of aryl methyl sites for hydroxylation is 3. The van der Waals surface area contributed by atoms with Crippen molar-refractivity contribution in [3.05, 3.63) is 101 Å². The van der Waals surface area contributed by atoms with E-state index in [-0.39, 0.29) is 17.4 Å². The molecule has 188 valence electrons. The van der Waals surface area contributed by atoms with E-state index >= 15 is 0 Å². The van der Waals surface area contributed by atoms with E-state index in [0.717, 1.165) is 27.6 Å². The first-order valence-corrected chi connectivity index (χ1v) is 12.4. The summed E-state index contributed by atoms with van der Waals surface area (Å²) >= 11 is 0. The molecule has 6 heteroatoms. The van der Waals surface area contributed by atoms with Crippen molar-refractivity contribution < 1.29 is 19.4 Å². The molecule has 1 aliphatic rings. The van der Waals surface area contributed by atoms with Crippen LogP contribution in [-0.4, -0.2) is 27.5 Å². The minimum Gasteiger partial charge on any atom is -0.507 e. The van der Waals surface area contributed by atoms with Crippen LogP contribution in [-0.2, 0) is 16.6 Å². The van der Waals surface area contributed by atoms with Crippen LogP contribution in [0, 0.1) is 13.8 Å². The van der Waals surface area contributed by atoms with Gasteiger partial charge in [-0.3, -0.25) is 14.5 Å². The average molecular weight is 495 g/mol. The van der Waals surface area contributed by atoms with E-state index in [1.807, 2.05) is 88.0 Å². The summed E-state index contributed by atoms with van der Waals surface area (Å²) in [5.41, 5.74) is 4.84. The number of fused-ring (bicyclic) bond motifs is 1. The van der Waals surface area contributed by atoms with Crippen LogP contribution >= 0.6 is 0 Å². The lowest BCUT2D eigenvalue weighted by Gasteiger charge is -2.25. The number of benzene rings is 3. The fourth-order valence-electron chi connectivity index (χ4n) is 5.19. The maximum Gasteiger partial charge on any atom is 0.300 e. The number of carbonyl (C=O) groups excluding carboxylic acids is 2. The highest BCUT2D eigenvalue weighted by Crippen LogP contribution is 2.45. The van der Waals surface area contributed by atoms with Crippen LogP contribution < -0.4 is 9.64 Å². The van der Waals surface area contributed by atoms with Gasteiger partial charge in [-0.15, -0.1) is 0 Å². The lowest BCUT2D eigenvalue weighted by Crippen LogP contribution is -2.29. The molecule has 1 atom stereocenters. The Bertz CT molecular complexity index is 1540. The highest BCUT2D eigenvalue weighted by Gasteiger charge is 2.48. The SMILES string of the molecule is Cc1cc(C)cc(N2C(=O)C(=O)/C(=C(/O)c3ccc(OC(C)C)cc3)C2c2cn(C)c3ccccc23)c1. The Balaban J connectivity index is 1.74. The molecule has 4 aromatic rings. The van der Waals surface area contributed by atoms with Crippen molar-refractivity contribution in [1.29, 1.82) is 0 Å². The Morgan fingerprint density at radius 1 is 0.946 bits per heavy atom. The number of Topliss-reactive ketones (excluding diaryl/α,β-unsaturated/α-hetero) is 1. The third kappa shape index (κ3) is 4.29. The third-order valence-corrected chi connectivity index (χ3v) is 6.65. The second kappa shape index (κ2) is 9.28. The first-order valence-electron chi connectivity index (χ1n) is 12.4. The fourth-order valence-corrected chi connectivity index (χ4v) is 5.19. The van der Waals surface area contributed by atoms with Crippen LogP contribution in [0.2, 0.25) is 0 Å². The molecule has 0 saturated carbocycles. The minimum atomic E-state index is -0.793. The van der Waals surface area contributed by atoms with Gasteiger partial charge in [0, 0.05) is 41.0 Å². The van der Waals surface area contributed by atoms with Gasteiger partial charge in [-0.05, 0) is 81.3 Å². The van der Waals surface area contributed by atoms with Crippen molar-refractivity contribution in [3.63, 3.8) is 0 Å². The molecule has 0 radical (unpaired) electrons. The topological polar surface area (TPSA) is 71.8 Å². The second-order valence-corrected chi connectivity index (χ2v) is 9.92. The molecule has 1 unspecified atom stereocenters. The molecule has 1 aliphatic heterocycles.